The van der Waals surface area contributed by atoms with Crippen molar-refractivity contribution in [2.24, 2.45) is 0 Å². The van der Waals surface area contributed by atoms with Crippen molar-refractivity contribution in [2.75, 3.05) is 20.3 Å². The van der Waals surface area contributed by atoms with Crippen molar-refractivity contribution in [3.05, 3.63) is 65.0 Å². The van der Waals surface area contributed by atoms with Crippen LogP contribution in [0.4, 0.5) is 4.79 Å². The first-order valence-corrected chi connectivity index (χ1v) is 7.67. The highest BCUT2D eigenvalue weighted by Crippen LogP contribution is 2.15. The third-order valence-electron chi connectivity index (χ3n) is 3.87. The third-order valence-corrected chi connectivity index (χ3v) is 3.87. The molecule has 2 heterocycles. The van der Waals surface area contributed by atoms with Crippen molar-refractivity contribution in [3.8, 4) is 0 Å². The summed E-state index contributed by atoms with van der Waals surface area (Å²) in [4.78, 5) is 28.8. The van der Waals surface area contributed by atoms with Gasteiger partial charge < -0.3 is 14.4 Å². The summed E-state index contributed by atoms with van der Waals surface area (Å²) in [5, 5.41) is 0. The predicted octanol–water partition coefficient (Wildman–Crippen LogP) is 2.41. The van der Waals surface area contributed by atoms with E-state index < -0.39 is 5.97 Å². The van der Waals surface area contributed by atoms with Gasteiger partial charge in [-0.25, -0.2) is 9.59 Å². The summed E-state index contributed by atoms with van der Waals surface area (Å²) in [6, 6.07) is 9.81. The molecule has 124 valence electrons. The minimum atomic E-state index is -0.391. The van der Waals surface area contributed by atoms with Crippen molar-refractivity contribution in [3.63, 3.8) is 0 Å². The summed E-state index contributed by atoms with van der Waals surface area (Å²) >= 11 is 0. The van der Waals surface area contributed by atoms with Gasteiger partial charge in [0.1, 0.15) is 6.61 Å². The lowest BCUT2D eigenvalue weighted by molar-refractivity contribution is 0.0600. The molecule has 0 unspecified atom stereocenters. The van der Waals surface area contributed by atoms with E-state index in [0.29, 0.717) is 31.7 Å². The monoisotopic (exact) mass is 326 g/mol. The van der Waals surface area contributed by atoms with Gasteiger partial charge in [-0.2, -0.15) is 0 Å². The molecular formula is C18H18N2O4. The Balaban J connectivity index is 1.66. The second kappa shape index (κ2) is 7.12. The zero-order valence-electron chi connectivity index (χ0n) is 13.4. The zero-order chi connectivity index (χ0) is 16.9. The molecule has 0 spiro atoms. The topological polar surface area (TPSA) is 68.7 Å². The lowest BCUT2D eigenvalue weighted by atomic mass is 10.0. The largest absolute Gasteiger partial charge is 0.465 e. The fourth-order valence-electron chi connectivity index (χ4n) is 2.60. The molecule has 0 bridgehead atoms. The van der Waals surface area contributed by atoms with Crippen molar-refractivity contribution in [1.82, 2.24) is 9.88 Å². The van der Waals surface area contributed by atoms with E-state index in [1.165, 1.54) is 13.3 Å². The van der Waals surface area contributed by atoms with Crippen LogP contribution in [0.2, 0.25) is 0 Å². The number of carbonyl (C=O) groups excluding carboxylic acids is 2. The highest BCUT2D eigenvalue weighted by Gasteiger charge is 2.21. The number of carbonyl (C=O) groups is 2. The number of methoxy groups -OCH3 is 1. The van der Waals surface area contributed by atoms with E-state index in [-0.39, 0.29) is 6.09 Å². The number of hydrogen-bond acceptors (Lipinski definition) is 5. The molecule has 1 saturated heterocycles. The lowest BCUT2D eigenvalue weighted by Gasteiger charge is -2.12. The third kappa shape index (κ3) is 3.71. The van der Waals surface area contributed by atoms with Crippen LogP contribution in [0.3, 0.4) is 0 Å². The fourth-order valence-corrected chi connectivity index (χ4v) is 2.60. The van der Waals surface area contributed by atoms with Gasteiger partial charge in [-0.1, -0.05) is 24.3 Å². The molecule has 6 nitrogen and oxygen atoms in total. The van der Waals surface area contributed by atoms with E-state index in [2.05, 4.69) is 4.98 Å². The Morgan fingerprint density at radius 3 is 2.62 bits per heavy atom. The van der Waals surface area contributed by atoms with E-state index in [1.807, 2.05) is 24.3 Å². The standard InChI is InChI=1S/C18H18N2O4/c1-23-17(21)16-9-15(10-19-11-16)8-13-2-4-14(5-3-13)12-20-6-7-24-18(20)22/h2-5,9-11H,6-8,12H2,1H3. The molecular weight excluding hydrogens is 308 g/mol. The normalized spacial score (nSPS) is 13.7. The fraction of sp³-hybridized carbons (Fsp3) is 0.278. The second-order valence-electron chi connectivity index (χ2n) is 5.60. The Kier molecular flexibility index (Phi) is 4.74. The van der Waals surface area contributed by atoms with Crippen molar-refractivity contribution in [2.45, 2.75) is 13.0 Å². The number of hydrogen-bond donors (Lipinski definition) is 0. The number of cyclic esters (lactones) is 1. The maximum Gasteiger partial charge on any atom is 0.410 e. The Labute approximate surface area is 140 Å². The number of nitrogens with zero attached hydrogens (tertiary/aromatic N) is 2. The van der Waals surface area contributed by atoms with Gasteiger partial charge in [-0.3, -0.25) is 4.98 Å². The van der Waals surface area contributed by atoms with Gasteiger partial charge in [0.2, 0.25) is 0 Å². The van der Waals surface area contributed by atoms with Crippen LogP contribution in [0.1, 0.15) is 27.0 Å². The molecule has 1 fully saturated rings. The summed E-state index contributed by atoms with van der Waals surface area (Å²) in [7, 11) is 1.35. The Morgan fingerprint density at radius 2 is 1.96 bits per heavy atom. The van der Waals surface area contributed by atoms with Gasteiger partial charge in [-0.05, 0) is 29.2 Å². The van der Waals surface area contributed by atoms with Gasteiger partial charge in [0.05, 0.1) is 19.2 Å². The first-order valence-electron chi connectivity index (χ1n) is 7.67. The molecule has 1 amide bonds. The summed E-state index contributed by atoms with van der Waals surface area (Å²) in [5.74, 6) is -0.391. The van der Waals surface area contributed by atoms with Gasteiger partial charge >= 0.3 is 12.1 Å². The lowest BCUT2D eigenvalue weighted by Crippen LogP contribution is -2.23. The average molecular weight is 326 g/mol. The maximum absolute atomic E-state index is 11.5. The van der Waals surface area contributed by atoms with Crippen LogP contribution < -0.4 is 0 Å². The number of ether oxygens (including phenoxy) is 2. The van der Waals surface area contributed by atoms with Crippen LogP contribution in [0.15, 0.2) is 42.7 Å². The van der Waals surface area contributed by atoms with Crippen LogP contribution in [0.25, 0.3) is 0 Å². The maximum atomic E-state index is 11.5. The Bertz CT molecular complexity index is 743. The van der Waals surface area contributed by atoms with Crippen LogP contribution in [-0.4, -0.2) is 42.2 Å². The molecule has 1 aromatic heterocycles. The van der Waals surface area contributed by atoms with E-state index >= 15 is 0 Å². The molecule has 0 N–H and O–H groups in total. The van der Waals surface area contributed by atoms with Crippen molar-refractivity contribution >= 4 is 12.1 Å². The van der Waals surface area contributed by atoms with Crippen molar-refractivity contribution in [1.29, 1.82) is 0 Å². The van der Waals surface area contributed by atoms with Crippen LogP contribution in [0.5, 0.6) is 0 Å². The van der Waals surface area contributed by atoms with Crippen LogP contribution >= 0.6 is 0 Å². The average Bonchev–Trinajstić information content (AvgIpc) is 3.01. The van der Waals surface area contributed by atoms with Gasteiger partial charge in [0.15, 0.2) is 0 Å². The summed E-state index contributed by atoms with van der Waals surface area (Å²) in [6.45, 7) is 1.64. The molecule has 0 atom stereocenters. The first-order chi connectivity index (χ1) is 11.7. The molecule has 2 aromatic rings. The molecule has 0 radical (unpaired) electrons. The van der Waals surface area contributed by atoms with E-state index in [9.17, 15) is 9.59 Å². The molecule has 24 heavy (non-hydrogen) atoms. The molecule has 1 aliphatic heterocycles. The Hall–Kier alpha value is -2.89. The van der Waals surface area contributed by atoms with Gasteiger partial charge in [0.25, 0.3) is 0 Å². The Morgan fingerprint density at radius 1 is 1.21 bits per heavy atom. The number of amides is 1. The quantitative estimate of drug-likeness (QED) is 0.789. The predicted molar refractivity (Wildman–Crippen MR) is 86.6 cm³/mol. The van der Waals surface area contributed by atoms with E-state index in [1.54, 1.807) is 17.2 Å². The number of esters is 1. The molecule has 0 aliphatic carbocycles. The summed E-state index contributed by atoms with van der Waals surface area (Å²) in [6.07, 6.45) is 3.64. The second-order valence-corrected chi connectivity index (χ2v) is 5.60. The molecule has 1 aromatic carbocycles. The number of pyridine rings is 1. The smallest absolute Gasteiger partial charge is 0.410 e. The van der Waals surface area contributed by atoms with Crippen LogP contribution in [-0.2, 0) is 22.4 Å². The van der Waals surface area contributed by atoms with Crippen molar-refractivity contribution < 1.29 is 19.1 Å². The van der Waals surface area contributed by atoms with E-state index in [0.717, 1.165) is 16.7 Å². The molecule has 6 heteroatoms. The summed E-state index contributed by atoms with van der Waals surface area (Å²) < 4.78 is 9.63. The van der Waals surface area contributed by atoms with E-state index in [4.69, 9.17) is 9.47 Å². The SMILES string of the molecule is COC(=O)c1cncc(Cc2ccc(CN3CCOC3=O)cc2)c1. The zero-order valence-corrected chi connectivity index (χ0v) is 13.4. The van der Waals surface area contributed by atoms with Crippen LogP contribution in [0, 0.1) is 0 Å². The summed E-state index contributed by atoms with van der Waals surface area (Å²) in [5.41, 5.74) is 3.54. The first kappa shape index (κ1) is 16.0. The van der Waals surface area contributed by atoms with Gasteiger partial charge in [-0.15, -0.1) is 0 Å². The minimum absolute atomic E-state index is 0.259. The number of benzene rings is 1. The minimum Gasteiger partial charge on any atom is -0.465 e. The number of aromatic nitrogens is 1. The van der Waals surface area contributed by atoms with Gasteiger partial charge in [0, 0.05) is 18.9 Å². The molecule has 1 aliphatic rings. The molecule has 3 rings (SSSR count). The highest BCUT2D eigenvalue weighted by molar-refractivity contribution is 5.89. The number of rotatable bonds is 5. The molecule has 0 saturated carbocycles. The highest BCUT2D eigenvalue weighted by atomic mass is 16.6.